The molecule has 0 amide bonds. The average molecular weight is 462 g/mol. The topological polar surface area (TPSA) is 97.9 Å². The molecular formula is C23H28ClN3O5. The lowest BCUT2D eigenvalue weighted by atomic mass is 10.1. The number of halogens is 1. The van der Waals surface area contributed by atoms with Crippen molar-refractivity contribution in [3.8, 4) is 28.6 Å². The minimum atomic E-state index is -0.862. The predicted molar refractivity (Wildman–Crippen MR) is 123 cm³/mol. The summed E-state index contributed by atoms with van der Waals surface area (Å²) < 4.78 is 16.6. The van der Waals surface area contributed by atoms with Gasteiger partial charge >= 0.3 is 5.97 Å². The largest absolute Gasteiger partial charge is 0.491 e. The van der Waals surface area contributed by atoms with Gasteiger partial charge in [0.05, 0.1) is 19.3 Å². The molecule has 0 aliphatic rings. The lowest BCUT2D eigenvalue weighted by Gasteiger charge is -2.14. The smallest absolute Gasteiger partial charge is 0.317 e. The summed E-state index contributed by atoms with van der Waals surface area (Å²) in [5.41, 5.74) is 3.44. The molecule has 0 aliphatic heterocycles. The molecule has 32 heavy (non-hydrogen) atoms. The highest BCUT2D eigenvalue weighted by atomic mass is 35.5. The second-order valence-electron chi connectivity index (χ2n) is 7.61. The van der Waals surface area contributed by atoms with E-state index in [1.54, 1.807) is 19.1 Å². The lowest BCUT2D eigenvalue weighted by Crippen LogP contribution is -2.25. The van der Waals surface area contributed by atoms with Crippen molar-refractivity contribution in [2.24, 2.45) is 0 Å². The van der Waals surface area contributed by atoms with Gasteiger partial charge < -0.3 is 19.1 Å². The molecule has 1 heterocycles. The van der Waals surface area contributed by atoms with Crippen LogP contribution in [-0.2, 0) is 22.7 Å². The summed E-state index contributed by atoms with van der Waals surface area (Å²) >= 11 is 0. The van der Waals surface area contributed by atoms with Gasteiger partial charge in [-0.3, -0.25) is 9.69 Å². The van der Waals surface area contributed by atoms with Crippen LogP contribution in [0.15, 0.2) is 47.0 Å². The number of likely N-dealkylation sites (N-methyl/N-ethyl adjacent to an activating group) is 1. The van der Waals surface area contributed by atoms with Gasteiger partial charge in [-0.2, -0.15) is 4.98 Å². The van der Waals surface area contributed by atoms with Crippen LogP contribution < -0.4 is 4.74 Å². The Hall–Kier alpha value is -2.94. The highest BCUT2D eigenvalue weighted by Crippen LogP contribution is 2.29. The zero-order valence-corrected chi connectivity index (χ0v) is 19.4. The first-order chi connectivity index (χ1) is 14.9. The van der Waals surface area contributed by atoms with Crippen molar-refractivity contribution >= 4 is 18.4 Å². The van der Waals surface area contributed by atoms with Crippen molar-refractivity contribution in [3.05, 3.63) is 53.6 Å². The number of aliphatic carboxylic acids is 1. The molecule has 0 bridgehead atoms. The van der Waals surface area contributed by atoms with Crippen molar-refractivity contribution in [2.75, 3.05) is 20.7 Å². The van der Waals surface area contributed by atoms with Gasteiger partial charge in [0, 0.05) is 30.3 Å². The molecule has 0 aliphatic carbocycles. The molecule has 0 saturated heterocycles. The van der Waals surface area contributed by atoms with E-state index in [2.05, 4.69) is 10.1 Å². The van der Waals surface area contributed by atoms with Crippen LogP contribution in [0.25, 0.3) is 22.8 Å². The zero-order chi connectivity index (χ0) is 22.4. The Morgan fingerprint density at radius 3 is 2.66 bits per heavy atom. The highest BCUT2D eigenvalue weighted by molar-refractivity contribution is 5.85. The zero-order valence-electron chi connectivity index (χ0n) is 18.6. The fraction of sp³-hybridized carbons (Fsp3) is 0.348. The molecule has 0 saturated carbocycles. The van der Waals surface area contributed by atoms with Crippen molar-refractivity contribution in [1.29, 1.82) is 0 Å². The summed E-state index contributed by atoms with van der Waals surface area (Å²) in [5.74, 6) is 0.767. The Bertz CT molecular complexity index is 1040. The van der Waals surface area contributed by atoms with E-state index in [0.717, 1.165) is 28.0 Å². The maximum Gasteiger partial charge on any atom is 0.317 e. The second kappa shape index (κ2) is 11.6. The van der Waals surface area contributed by atoms with Crippen LogP contribution in [0.4, 0.5) is 0 Å². The Balaban J connectivity index is 0.00000363. The molecule has 0 spiro atoms. The number of nitrogens with zero attached hydrogens (tertiary/aromatic N) is 3. The monoisotopic (exact) mass is 461 g/mol. The third-order valence-electron chi connectivity index (χ3n) is 4.44. The third kappa shape index (κ3) is 6.78. The third-order valence-corrected chi connectivity index (χ3v) is 4.44. The molecule has 1 N–H and O–H groups in total. The number of carboxylic acids is 1. The van der Waals surface area contributed by atoms with Crippen molar-refractivity contribution < 1.29 is 23.9 Å². The van der Waals surface area contributed by atoms with E-state index in [4.69, 9.17) is 19.1 Å². The van der Waals surface area contributed by atoms with Gasteiger partial charge in [0.2, 0.25) is 5.82 Å². The number of carboxylic acid groups (broad SMARTS) is 1. The lowest BCUT2D eigenvalue weighted by molar-refractivity contribution is -0.138. The summed E-state index contributed by atoms with van der Waals surface area (Å²) in [5, 5.41) is 13.1. The van der Waals surface area contributed by atoms with Gasteiger partial charge in [-0.15, -0.1) is 12.4 Å². The molecule has 3 aromatic rings. The SMILES string of the molecule is COCc1cc(-c2nc(-c3cccc(CN(C)CC(=O)O)c3)no2)ccc1OC(C)C.Cl. The molecule has 0 unspecified atom stereocenters. The van der Waals surface area contributed by atoms with Crippen molar-refractivity contribution in [3.63, 3.8) is 0 Å². The number of hydrogen-bond acceptors (Lipinski definition) is 7. The summed E-state index contributed by atoms with van der Waals surface area (Å²) in [4.78, 5) is 17.1. The molecule has 9 heteroatoms. The number of carbonyl (C=O) groups is 1. The fourth-order valence-corrected chi connectivity index (χ4v) is 3.21. The predicted octanol–water partition coefficient (Wildman–Crippen LogP) is 4.28. The number of ether oxygens (including phenoxy) is 2. The van der Waals surface area contributed by atoms with E-state index in [9.17, 15) is 4.79 Å². The van der Waals surface area contributed by atoms with E-state index < -0.39 is 5.97 Å². The van der Waals surface area contributed by atoms with Gasteiger partial charge in [0.1, 0.15) is 5.75 Å². The Labute approximate surface area is 193 Å². The molecule has 0 radical (unpaired) electrons. The molecular weight excluding hydrogens is 434 g/mol. The van der Waals surface area contributed by atoms with E-state index in [-0.39, 0.29) is 25.1 Å². The number of rotatable bonds is 10. The van der Waals surface area contributed by atoms with Gasteiger partial charge in [-0.1, -0.05) is 23.4 Å². The van der Waals surface area contributed by atoms with Crippen LogP contribution in [0.2, 0.25) is 0 Å². The van der Waals surface area contributed by atoms with E-state index in [0.29, 0.717) is 24.9 Å². The van der Waals surface area contributed by atoms with Gasteiger partial charge in [-0.25, -0.2) is 0 Å². The second-order valence-corrected chi connectivity index (χ2v) is 7.61. The number of aromatic nitrogens is 2. The highest BCUT2D eigenvalue weighted by Gasteiger charge is 2.15. The Morgan fingerprint density at radius 1 is 1.19 bits per heavy atom. The number of methoxy groups -OCH3 is 1. The molecule has 2 aromatic carbocycles. The first kappa shape index (κ1) is 25.3. The summed E-state index contributed by atoms with van der Waals surface area (Å²) in [7, 11) is 3.40. The standard InChI is InChI=1S/C23H27N3O5.ClH/c1-15(2)30-20-9-8-18(11-19(20)14-29-4)23-24-22(25-31-23)17-7-5-6-16(10-17)12-26(3)13-21(27)28;/h5-11,15H,12-14H2,1-4H3,(H,27,28);1H. The molecule has 3 rings (SSSR count). The van der Waals surface area contributed by atoms with Crippen molar-refractivity contribution in [2.45, 2.75) is 33.1 Å². The fourth-order valence-electron chi connectivity index (χ4n) is 3.21. The minimum absolute atomic E-state index is 0. The van der Waals surface area contributed by atoms with Crippen LogP contribution in [0, 0.1) is 0 Å². The van der Waals surface area contributed by atoms with Crippen LogP contribution in [0.3, 0.4) is 0 Å². The van der Waals surface area contributed by atoms with Gasteiger partial charge in [0.15, 0.2) is 0 Å². The first-order valence-electron chi connectivity index (χ1n) is 9.98. The summed E-state index contributed by atoms with van der Waals surface area (Å²) in [6.07, 6.45) is 0.0540. The van der Waals surface area contributed by atoms with Crippen LogP contribution in [0.1, 0.15) is 25.0 Å². The van der Waals surface area contributed by atoms with Crippen LogP contribution in [-0.4, -0.2) is 52.9 Å². The molecule has 0 fully saturated rings. The quantitative estimate of drug-likeness (QED) is 0.477. The van der Waals surface area contributed by atoms with Crippen LogP contribution in [0.5, 0.6) is 5.75 Å². The summed E-state index contributed by atoms with van der Waals surface area (Å²) in [6.45, 7) is 4.83. The average Bonchev–Trinajstić information content (AvgIpc) is 3.19. The molecule has 0 atom stereocenters. The van der Waals surface area contributed by atoms with E-state index in [1.165, 1.54) is 0 Å². The maximum atomic E-state index is 10.9. The normalized spacial score (nSPS) is 10.9. The van der Waals surface area contributed by atoms with Crippen LogP contribution >= 0.6 is 12.4 Å². The van der Waals surface area contributed by atoms with E-state index in [1.807, 2.05) is 56.3 Å². The van der Waals surface area contributed by atoms with E-state index >= 15 is 0 Å². The van der Waals surface area contributed by atoms with Gasteiger partial charge in [-0.05, 0) is 50.7 Å². The molecule has 1 aromatic heterocycles. The minimum Gasteiger partial charge on any atom is -0.491 e. The number of benzene rings is 2. The Morgan fingerprint density at radius 2 is 1.97 bits per heavy atom. The van der Waals surface area contributed by atoms with Gasteiger partial charge in [0.25, 0.3) is 5.89 Å². The van der Waals surface area contributed by atoms with Crippen molar-refractivity contribution in [1.82, 2.24) is 15.0 Å². The molecule has 172 valence electrons. The molecule has 8 nitrogen and oxygen atoms in total. The number of hydrogen-bond donors (Lipinski definition) is 1. The summed E-state index contributed by atoms with van der Waals surface area (Å²) in [6, 6.07) is 13.3. The first-order valence-corrected chi connectivity index (χ1v) is 9.98. The Kier molecular flexibility index (Phi) is 9.19. The maximum absolute atomic E-state index is 10.9.